The molecule has 0 radical (unpaired) electrons. The highest BCUT2D eigenvalue weighted by molar-refractivity contribution is 5.83. The second kappa shape index (κ2) is 16.9. The number of carboxylic acid groups (broad SMARTS) is 3. The lowest BCUT2D eigenvalue weighted by atomic mass is 10.2. The van der Waals surface area contributed by atoms with Crippen LogP contribution in [0.1, 0.15) is 19.3 Å². The number of hydrogen-bond donors (Lipinski definition) is 9. The molecular formula is C12H27N7O7. The molecule has 0 saturated heterocycles. The first-order chi connectivity index (χ1) is 11.8. The first-order valence-electron chi connectivity index (χ1n) is 7.07. The molecule has 0 aliphatic heterocycles. The van der Waals surface area contributed by atoms with E-state index in [0.29, 0.717) is 19.4 Å². The number of rotatable bonds is 9. The number of guanidine groups is 1. The Hall–Kier alpha value is -2.97. The second-order valence-electron chi connectivity index (χ2n) is 4.61. The van der Waals surface area contributed by atoms with E-state index >= 15 is 0 Å². The molecule has 2 atom stereocenters. The van der Waals surface area contributed by atoms with E-state index in [-0.39, 0.29) is 18.9 Å². The highest BCUT2D eigenvalue weighted by Crippen LogP contribution is 1.94. The molecule has 14 nitrogen and oxygen atoms in total. The maximum absolute atomic E-state index is 10.2. The number of amides is 1. The zero-order valence-electron chi connectivity index (χ0n) is 14.1. The first-order valence-corrected chi connectivity index (χ1v) is 7.07. The SMILES string of the molecule is NC(=O)C[C@H](N)C(=O)O.NC(N)=NCCC[C@H](N)C(=O)O.NCC(=O)O. The number of carbonyl (C=O) groups excluding carboxylic acids is 1. The fourth-order valence-corrected chi connectivity index (χ4v) is 0.947. The summed E-state index contributed by atoms with van der Waals surface area (Å²) in [5.41, 5.74) is 29.5. The van der Waals surface area contributed by atoms with Gasteiger partial charge in [0, 0.05) is 6.54 Å². The van der Waals surface area contributed by atoms with Gasteiger partial charge in [-0.3, -0.25) is 24.2 Å². The van der Waals surface area contributed by atoms with Crippen molar-refractivity contribution < 1.29 is 34.5 Å². The minimum Gasteiger partial charge on any atom is -0.480 e. The van der Waals surface area contributed by atoms with Crippen molar-refractivity contribution in [3.63, 3.8) is 0 Å². The Morgan fingerprint density at radius 1 is 0.885 bits per heavy atom. The summed E-state index contributed by atoms with van der Waals surface area (Å²) in [6.07, 6.45) is 0.646. The number of aliphatic imine (C=N–C) groups is 1. The minimum atomic E-state index is -1.21. The van der Waals surface area contributed by atoms with Gasteiger partial charge in [0.1, 0.15) is 12.1 Å². The summed E-state index contributed by atoms with van der Waals surface area (Å²) < 4.78 is 0. The third-order valence-corrected chi connectivity index (χ3v) is 2.20. The summed E-state index contributed by atoms with van der Waals surface area (Å²) in [7, 11) is 0. The lowest BCUT2D eigenvalue weighted by molar-refractivity contribution is -0.140. The number of primary amides is 1. The van der Waals surface area contributed by atoms with E-state index in [9.17, 15) is 19.2 Å². The molecule has 15 N–H and O–H groups in total. The molecular weight excluding hydrogens is 354 g/mol. The fraction of sp³-hybridized carbons (Fsp3) is 0.583. The molecule has 0 aliphatic carbocycles. The first kappa shape index (κ1) is 27.9. The van der Waals surface area contributed by atoms with Gasteiger partial charge in [0.2, 0.25) is 5.91 Å². The van der Waals surface area contributed by atoms with Gasteiger partial charge in [0.15, 0.2) is 5.96 Å². The quantitative estimate of drug-likeness (QED) is 0.104. The number of carboxylic acids is 3. The van der Waals surface area contributed by atoms with Crippen LogP contribution in [0.15, 0.2) is 4.99 Å². The molecule has 0 saturated carbocycles. The molecule has 152 valence electrons. The normalized spacial score (nSPS) is 11.3. The molecule has 0 fully saturated rings. The Morgan fingerprint density at radius 2 is 1.31 bits per heavy atom. The van der Waals surface area contributed by atoms with Crippen molar-refractivity contribution in [2.75, 3.05) is 13.1 Å². The van der Waals surface area contributed by atoms with Gasteiger partial charge in [-0.1, -0.05) is 0 Å². The van der Waals surface area contributed by atoms with Crippen molar-refractivity contribution in [1.29, 1.82) is 0 Å². The third kappa shape index (κ3) is 26.0. The zero-order chi connectivity index (χ0) is 21.3. The zero-order valence-corrected chi connectivity index (χ0v) is 14.1. The Kier molecular flexibility index (Phi) is 18.1. The monoisotopic (exact) mass is 381 g/mol. The van der Waals surface area contributed by atoms with Crippen molar-refractivity contribution in [3.05, 3.63) is 0 Å². The van der Waals surface area contributed by atoms with Crippen LogP contribution in [0, 0.1) is 0 Å². The molecule has 0 aliphatic rings. The van der Waals surface area contributed by atoms with E-state index in [0.717, 1.165) is 0 Å². The topological polar surface area (TPSA) is 297 Å². The van der Waals surface area contributed by atoms with Gasteiger partial charge in [-0.2, -0.15) is 0 Å². The summed E-state index contributed by atoms with van der Waals surface area (Å²) in [5.74, 6) is -3.87. The van der Waals surface area contributed by atoms with Crippen molar-refractivity contribution in [2.24, 2.45) is 39.4 Å². The van der Waals surface area contributed by atoms with Crippen molar-refractivity contribution in [2.45, 2.75) is 31.3 Å². The van der Waals surface area contributed by atoms with Crippen molar-refractivity contribution in [3.8, 4) is 0 Å². The Bertz CT molecular complexity index is 481. The summed E-state index contributed by atoms with van der Waals surface area (Å²) in [6.45, 7) is 0.142. The molecule has 0 spiro atoms. The molecule has 0 heterocycles. The molecule has 0 aromatic heterocycles. The fourth-order valence-electron chi connectivity index (χ4n) is 0.947. The summed E-state index contributed by atoms with van der Waals surface area (Å²) in [4.78, 5) is 43.0. The van der Waals surface area contributed by atoms with E-state index in [1.807, 2.05) is 0 Å². The van der Waals surface area contributed by atoms with Gasteiger partial charge < -0.3 is 49.7 Å². The van der Waals surface area contributed by atoms with Crippen molar-refractivity contribution >= 4 is 29.8 Å². The van der Waals surface area contributed by atoms with Crippen LogP contribution in [0.3, 0.4) is 0 Å². The van der Waals surface area contributed by atoms with Crippen LogP contribution in [0.5, 0.6) is 0 Å². The second-order valence-corrected chi connectivity index (χ2v) is 4.61. The smallest absolute Gasteiger partial charge is 0.321 e. The van der Waals surface area contributed by atoms with Crippen molar-refractivity contribution in [1.82, 2.24) is 0 Å². The standard InChI is InChI=1S/C6H14N4O2.C4H8N2O3.C2H5NO2/c7-4(5(11)12)2-1-3-10-6(8)9;5-2(4(8)9)1-3(6)7;3-1-2(4)5/h4H,1-3,7H2,(H,11,12)(H4,8,9,10);2H,1,5H2,(H2,6,7)(H,8,9);1,3H2,(H,4,5)/t4-;2-;/m00./s1. The average molecular weight is 381 g/mol. The molecule has 0 bridgehead atoms. The number of hydrogen-bond acceptors (Lipinski definition) is 8. The number of carbonyl (C=O) groups is 4. The van der Waals surface area contributed by atoms with Crippen LogP contribution in [-0.4, -0.2) is 70.3 Å². The lowest BCUT2D eigenvalue weighted by Gasteiger charge is -2.03. The average Bonchev–Trinajstić information content (AvgIpc) is 2.51. The van der Waals surface area contributed by atoms with E-state index in [2.05, 4.69) is 16.5 Å². The van der Waals surface area contributed by atoms with E-state index < -0.39 is 35.9 Å². The summed E-state index contributed by atoms with van der Waals surface area (Å²) >= 11 is 0. The Balaban J connectivity index is -0.000000333. The number of nitrogens with zero attached hydrogens (tertiary/aromatic N) is 1. The van der Waals surface area contributed by atoms with Crippen LogP contribution in [0.4, 0.5) is 0 Å². The van der Waals surface area contributed by atoms with Gasteiger partial charge in [0.05, 0.1) is 13.0 Å². The largest absolute Gasteiger partial charge is 0.480 e. The molecule has 0 aromatic carbocycles. The highest BCUT2D eigenvalue weighted by Gasteiger charge is 2.13. The van der Waals surface area contributed by atoms with Crippen LogP contribution in [0.25, 0.3) is 0 Å². The number of aliphatic carboxylic acids is 3. The molecule has 1 amide bonds. The predicted octanol–water partition coefficient (Wildman–Crippen LogP) is -4.24. The Morgan fingerprint density at radius 3 is 1.54 bits per heavy atom. The summed E-state index contributed by atoms with van der Waals surface area (Å²) in [6, 6.07) is -1.98. The maximum atomic E-state index is 10.2. The number of nitrogens with two attached hydrogens (primary N) is 6. The summed E-state index contributed by atoms with van der Waals surface area (Å²) in [5, 5.41) is 24.1. The van der Waals surface area contributed by atoms with E-state index in [4.69, 9.17) is 38.3 Å². The van der Waals surface area contributed by atoms with Crippen LogP contribution in [0.2, 0.25) is 0 Å². The molecule has 26 heavy (non-hydrogen) atoms. The Labute approximate surface area is 149 Å². The molecule has 0 aromatic rings. The highest BCUT2D eigenvalue weighted by atomic mass is 16.4. The maximum Gasteiger partial charge on any atom is 0.321 e. The lowest BCUT2D eigenvalue weighted by Crippen LogP contribution is -2.34. The van der Waals surface area contributed by atoms with Crippen LogP contribution in [-0.2, 0) is 19.2 Å². The van der Waals surface area contributed by atoms with Crippen LogP contribution < -0.4 is 34.4 Å². The van der Waals surface area contributed by atoms with E-state index in [1.54, 1.807) is 0 Å². The minimum absolute atomic E-state index is 0.0129. The third-order valence-electron chi connectivity index (χ3n) is 2.20. The van der Waals surface area contributed by atoms with Gasteiger partial charge in [-0.05, 0) is 12.8 Å². The van der Waals surface area contributed by atoms with E-state index in [1.165, 1.54) is 0 Å². The van der Waals surface area contributed by atoms with Gasteiger partial charge in [0.25, 0.3) is 0 Å². The molecule has 14 heteroatoms. The van der Waals surface area contributed by atoms with Gasteiger partial charge in [-0.25, -0.2) is 0 Å². The predicted molar refractivity (Wildman–Crippen MR) is 91.6 cm³/mol. The van der Waals surface area contributed by atoms with Crippen LogP contribution >= 0.6 is 0 Å². The van der Waals surface area contributed by atoms with Gasteiger partial charge in [-0.15, -0.1) is 0 Å². The molecule has 0 rings (SSSR count). The van der Waals surface area contributed by atoms with Gasteiger partial charge >= 0.3 is 17.9 Å². The molecule has 0 unspecified atom stereocenters.